The molecule has 0 fully saturated rings. The lowest BCUT2D eigenvalue weighted by Gasteiger charge is -2.13. The maximum Gasteiger partial charge on any atom is 0.416 e. The fraction of sp³-hybridized carbons (Fsp3) is 0.174. The van der Waals surface area contributed by atoms with Crippen molar-refractivity contribution in [1.29, 1.82) is 0 Å². The van der Waals surface area contributed by atoms with Gasteiger partial charge in [-0.1, -0.05) is 18.2 Å². The number of amides is 1. The van der Waals surface area contributed by atoms with Crippen LogP contribution in [0, 0.1) is 5.82 Å². The Bertz CT molecular complexity index is 1310. The Hall–Kier alpha value is -3.39. The van der Waals surface area contributed by atoms with Gasteiger partial charge >= 0.3 is 6.18 Å². The molecule has 0 spiro atoms. The third-order valence-electron chi connectivity index (χ3n) is 5.23. The standard InChI is InChI=1S/C23H18F4N2O2/c1-31-12-13-5-7-16-20(9-13)29(19-4-2-3-17(21(16)19)22(28)30)11-14-10-15(23(25,26)27)6-8-18(14)24/h2-10H,11-12H2,1H3,(H2,28,30). The lowest BCUT2D eigenvalue weighted by molar-refractivity contribution is -0.137. The normalized spacial score (nSPS) is 12.0. The van der Waals surface area contributed by atoms with Gasteiger partial charge in [0.25, 0.3) is 0 Å². The summed E-state index contributed by atoms with van der Waals surface area (Å²) in [6.45, 7) is 0.159. The Morgan fingerprint density at radius 1 is 1.06 bits per heavy atom. The largest absolute Gasteiger partial charge is 0.416 e. The Labute approximate surface area is 174 Å². The number of nitrogens with zero attached hydrogens (tertiary/aromatic N) is 1. The molecule has 31 heavy (non-hydrogen) atoms. The average Bonchev–Trinajstić information content (AvgIpc) is 3.02. The molecule has 4 aromatic rings. The number of halogens is 4. The zero-order chi connectivity index (χ0) is 22.3. The van der Waals surface area contributed by atoms with Crippen LogP contribution in [0.3, 0.4) is 0 Å². The molecule has 8 heteroatoms. The molecular formula is C23H18F4N2O2. The first kappa shape index (κ1) is 20.9. The second-order valence-electron chi connectivity index (χ2n) is 7.24. The Morgan fingerprint density at radius 2 is 1.84 bits per heavy atom. The predicted molar refractivity (Wildman–Crippen MR) is 109 cm³/mol. The summed E-state index contributed by atoms with van der Waals surface area (Å²) in [5, 5.41) is 1.26. The molecule has 4 rings (SSSR count). The molecule has 160 valence electrons. The lowest BCUT2D eigenvalue weighted by atomic mass is 10.0. The highest BCUT2D eigenvalue weighted by molar-refractivity contribution is 6.17. The van der Waals surface area contributed by atoms with E-state index in [0.29, 0.717) is 34.5 Å². The number of fused-ring (bicyclic) bond motifs is 3. The molecule has 0 saturated heterocycles. The summed E-state index contributed by atoms with van der Waals surface area (Å²) in [5.41, 5.74) is 6.81. The topological polar surface area (TPSA) is 57.2 Å². The van der Waals surface area contributed by atoms with E-state index in [-0.39, 0.29) is 17.7 Å². The van der Waals surface area contributed by atoms with E-state index in [1.54, 1.807) is 35.9 Å². The lowest BCUT2D eigenvalue weighted by Crippen LogP contribution is -2.11. The molecule has 0 unspecified atom stereocenters. The number of rotatable bonds is 5. The molecule has 1 aromatic heterocycles. The smallest absolute Gasteiger partial charge is 0.380 e. The quantitative estimate of drug-likeness (QED) is 0.440. The van der Waals surface area contributed by atoms with Crippen LogP contribution in [0.5, 0.6) is 0 Å². The maximum atomic E-state index is 14.5. The summed E-state index contributed by atoms with van der Waals surface area (Å²) in [5.74, 6) is -1.38. The van der Waals surface area contributed by atoms with E-state index in [1.165, 1.54) is 0 Å². The van der Waals surface area contributed by atoms with E-state index in [9.17, 15) is 22.4 Å². The van der Waals surface area contributed by atoms with Crippen molar-refractivity contribution in [3.63, 3.8) is 0 Å². The number of hydrogen-bond donors (Lipinski definition) is 1. The second kappa shape index (κ2) is 7.70. The highest BCUT2D eigenvalue weighted by Gasteiger charge is 2.31. The van der Waals surface area contributed by atoms with Gasteiger partial charge in [-0.3, -0.25) is 4.79 Å². The molecule has 0 aliphatic carbocycles. The number of hydrogen-bond acceptors (Lipinski definition) is 2. The fourth-order valence-corrected chi connectivity index (χ4v) is 3.86. The van der Waals surface area contributed by atoms with Crippen molar-refractivity contribution < 1.29 is 27.1 Å². The van der Waals surface area contributed by atoms with E-state index in [2.05, 4.69) is 0 Å². The number of alkyl halides is 3. The van der Waals surface area contributed by atoms with Crippen LogP contribution in [-0.4, -0.2) is 17.6 Å². The first-order valence-corrected chi connectivity index (χ1v) is 9.39. The van der Waals surface area contributed by atoms with Crippen LogP contribution in [0.4, 0.5) is 17.6 Å². The van der Waals surface area contributed by atoms with Crippen LogP contribution in [0.15, 0.2) is 54.6 Å². The van der Waals surface area contributed by atoms with E-state index in [0.717, 1.165) is 17.7 Å². The Kier molecular flexibility index (Phi) is 5.18. The summed E-state index contributed by atoms with van der Waals surface area (Å²) in [6.07, 6.45) is -4.59. The van der Waals surface area contributed by atoms with Crippen molar-refractivity contribution in [2.75, 3.05) is 7.11 Å². The van der Waals surface area contributed by atoms with Gasteiger partial charge in [-0.15, -0.1) is 0 Å². The number of methoxy groups -OCH3 is 1. The number of benzene rings is 3. The van der Waals surface area contributed by atoms with E-state index >= 15 is 0 Å². The molecule has 0 radical (unpaired) electrons. The van der Waals surface area contributed by atoms with Crippen molar-refractivity contribution in [3.8, 4) is 0 Å². The van der Waals surface area contributed by atoms with Gasteiger partial charge in [-0.05, 0) is 42.0 Å². The summed E-state index contributed by atoms with van der Waals surface area (Å²) >= 11 is 0. The second-order valence-corrected chi connectivity index (χ2v) is 7.24. The van der Waals surface area contributed by atoms with Crippen molar-refractivity contribution >= 4 is 27.7 Å². The van der Waals surface area contributed by atoms with Gasteiger partial charge in [0.2, 0.25) is 5.91 Å². The van der Waals surface area contributed by atoms with Gasteiger partial charge in [0, 0.05) is 34.5 Å². The summed E-state index contributed by atoms with van der Waals surface area (Å²) in [7, 11) is 1.54. The molecule has 0 aliphatic heterocycles. The minimum Gasteiger partial charge on any atom is -0.380 e. The summed E-state index contributed by atoms with van der Waals surface area (Å²) in [6, 6.07) is 12.7. The molecule has 1 amide bonds. The number of carbonyl (C=O) groups excluding carboxylic acids is 1. The van der Waals surface area contributed by atoms with E-state index < -0.39 is 23.5 Å². The van der Waals surface area contributed by atoms with Crippen LogP contribution < -0.4 is 5.73 Å². The van der Waals surface area contributed by atoms with Crippen LogP contribution >= 0.6 is 0 Å². The molecular weight excluding hydrogens is 412 g/mol. The zero-order valence-corrected chi connectivity index (χ0v) is 16.5. The van der Waals surface area contributed by atoms with Gasteiger partial charge in [-0.2, -0.15) is 13.2 Å². The molecule has 4 nitrogen and oxygen atoms in total. The van der Waals surface area contributed by atoms with Gasteiger partial charge < -0.3 is 15.0 Å². The van der Waals surface area contributed by atoms with Gasteiger partial charge in [-0.25, -0.2) is 4.39 Å². The zero-order valence-electron chi connectivity index (χ0n) is 16.5. The highest BCUT2D eigenvalue weighted by atomic mass is 19.4. The van der Waals surface area contributed by atoms with Crippen LogP contribution in [-0.2, 0) is 24.1 Å². The van der Waals surface area contributed by atoms with Crippen LogP contribution in [0.2, 0.25) is 0 Å². The molecule has 0 atom stereocenters. The van der Waals surface area contributed by atoms with E-state index in [4.69, 9.17) is 10.5 Å². The van der Waals surface area contributed by atoms with Crippen LogP contribution in [0.25, 0.3) is 21.8 Å². The van der Waals surface area contributed by atoms with Crippen molar-refractivity contribution in [3.05, 3.63) is 82.7 Å². The number of primary amides is 1. The summed E-state index contributed by atoms with van der Waals surface area (Å²) < 4.78 is 60.9. The highest BCUT2D eigenvalue weighted by Crippen LogP contribution is 2.35. The number of carbonyl (C=O) groups is 1. The minimum absolute atomic E-state index is 0.116. The van der Waals surface area contributed by atoms with Crippen molar-refractivity contribution in [2.45, 2.75) is 19.3 Å². The summed E-state index contributed by atoms with van der Waals surface area (Å²) in [4.78, 5) is 12.0. The molecule has 2 N–H and O–H groups in total. The third kappa shape index (κ3) is 3.74. The molecule has 0 saturated carbocycles. The maximum absolute atomic E-state index is 14.5. The SMILES string of the molecule is COCc1ccc2c3c(C(N)=O)cccc3n(Cc3cc(C(F)(F)F)ccc3F)c2c1. The van der Waals surface area contributed by atoms with Crippen molar-refractivity contribution in [2.24, 2.45) is 5.73 Å². The number of ether oxygens (including phenoxy) is 1. The molecule has 1 heterocycles. The first-order valence-electron chi connectivity index (χ1n) is 9.39. The molecule has 3 aromatic carbocycles. The fourth-order valence-electron chi connectivity index (χ4n) is 3.86. The van der Waals surface area contributed by atoms with Gasteiger partial charge in [0.15, 0.2) is 0 Å². The molecule has 0 aliphatic rings. The Balaban J connectivity index is 1.99. The third-order valence-corrected chi connectivity index (χ3v) is 5.23. The first-order chi connectivity index (χ1) is 14.7. The minimum atomic E-state index is -4.59. The van der Waals surface area contributed by atoms with Crippen LogP contribution in [0.1, 0.15) is 27.0 Å². The van der Waals surface area contributed by atoms with Crippen molar-refractivity contribution in [1.82, 2.24) is 4.57 Å². The number of aromatic nitrogens is 1. The van der Waals surface area contributed by atoms with Gasteiger partial charge in [0.1, 0.15) is 5.82 Å². The average molecular weight is 430 g/mol. The monoisotopic (exact) mass is 430 g/mol. The predicted octanol–water partition coefficient (Wildman–Crippen LogP) is 5.25. The number of nitrogens with two attached hydrogens (primary N) is 1. The molecule has 0 bridgehead atoms. The van der Waals surface area contributed by atoms with Gasteiger partial charge in [0.05, 0.1) is 24.2 Å². The van der Waals surface area contributed by atoms with E-state index in [1.807, 2.05) is 12.1 Å². The Morgan fingerprint density at radius 3 is 2.52 bits per heavy atom.